The lowest BCUT2D eigenvalue weighted by Crippen LogP contribution is -2.02. The van der Waals surface area contributed by atoms with E-state index in [2.05, 4.69) is 4.52 Å². The lowest BCUT2D eigenvalue weighted by Gasteiger charge is -2.01. The van der Waals surface area contributed by atoms with Crippen LogP contribution >= 0.6 is 9.47 Å². The lowest BCUT2D eigenvalue weighted by molar-refractivity contribution is -0.127. The number of carbonyl (C=O) groups excluding carboxylic acids is 1. The molecule has 0 aromatic rings. The number of rotatable bonds is 2. The highest BCUT2D eigenvalue weighted by molar-refractivity contribution is 7.10. The van der Waals surface area contributed by atoms with Crippen LogP contribution in [0.3, 0.4) is 0 Å². The highest BCUT2D eigenvalue weighted by Crippen LogP contribution is 1.88. The SMILES string of the molecule is CN(C)C=CC(=O)OP. The number of carbonyl (C=O) groups is 1. The van der Waals surface area contributed by atoms with Crippen LogP contribution in [0.25, 0.3) is 0 Å². The van der Waals surface area contributed by atoms with Crippen molar-refractivity contribution in [2.75, 3.05) is 14.1 Å². The standard InChI is InChI=1S/C5H10NO2P/c1-6(2)4-3-5(7)8-9/h3-4H,9H2,1-2H3. The second kappa shape index (κ2) is 4.33. The van der Waals surface area contributed by atoms with E-state index in [0.29, 0.717) is 0 Å². The lowest BCUT2D eigenvalue weighted by atomic mass is 10.6. The maximum Gasteiger partial charge on any atom is 0.334 e. The molecule has 0 saturated carbocycles. The molecule has 0 aromatic heterocycles. The molecule has 0 amide bonds. The summed E-state index contributed by atoms with van der Waals surface area (Å²) in [5.74, 6) is -0.367. The van der Waals surface area contributed by atoms with Crippen molar-refractivity contribution in [1.29, 1.82) is 0 Å². The third-order valence-electron chi connectivity index (χ3n) is 0.625. The fourth-order valence-electron chi connectivity index (χ4n) is 0.249. The molecule has 0 aliphatic heterocycles. The molecule has 0 bridgehead atoms. The van der Waals surface area contributed by atoms with Gasteiger partial charge >= 0.3 is 5.97 Å². The van der Waals surface area contributed by atoms with Gasteiger partial charge in [0.15, 0.2) is 0 Å². The van der Waals surface area contributed by atoms with Gasteiger partial charge in [0, 0.05) is 26.4 Å². The van der Waals surface area contributed by atoms with Gasteiger partial charge in [-0.25, -0.2) is 4.79 Å². The molecule has 9 heavy (non-hydrogen) atoms. The summed E-state index contributed by atoms with van der Waals surface area (Å²) in [6.45, 7) is 0. The van der Waals surface area contributed by atoms with Crippen molar-refractivity contribution < 1.29 is 9.32 Å². The average molecular weight is 147 g/mol. The first-order valence-corrected chi connectivity index (χ1v) is 2.89. The van der Waals surface area contributed by atoms with Gasteiger partial charge in [-0.3, -0.25) is 0 Å². The van der Waals surface area contributed by atoms with Gasteiger partial charge in [0.2, 0.25) is 0 Å². The first-order chi connectivity index (χ1) is 4.16. The first-order valence-electron chi connectivity index (χ1n) is 2.42. The van der Waals surface area contributed by atoms with E-state index in [0.717, 1.165) is 0 Å². The number of hydrogen-bond acceptors (Lipinski definition) is 3. The maximum absolute atomic E-state index is 10.4. The fourth-order valence-corrected chi connectivity index (χ4v) is 0.328. The van der Waals surface area contributed by atoms with Crippen LogP contribution in [-0.4, -0.2) is 25.0 Å². The molecular weight excluding hydrogens is 137 g/mol. The zero-order valence-corrected chi connectivity index (χ0v) is 6.65. The highest BCUT2D eigenvalue weighted by atomic mass is 31.0. The Labute approximate surface area is 57.0 Å². The van der Waals surface area contributed by atoms with Crippen LogP contribution in [0.1, 0.15) is 0 Å². The molecule has 0 fully saturated rings. The molecule has 0 N–H and O–H groups in total. The summed E-state index contributed by atoms with van der Waals surface area (Å²) >= 11 is 0. The Morgan fingerprint density at radius 1 is 1.67 bits per heavy atom. The zero-order valence-electron chi connectivity index (χ0n) is 5.50. The molecule has 0 aromatic carbocycles. The zero-order chi connectivity index (χ0) is 7.28. The quantitative estimate of drug-likeness (QED) is 0.418. The molecule has 0 heterocycles. The Hall–Kier alpha value is -0.560. The van der Waals surface area contributed by atoms with Crippen LogP contribution in [0.5, 0.6) is 0 Å². The van der Waals surface area contributed by atoms with Gasteiger partial charge in [0.1, 0.15) is 0 Å². The Morgan fingerprint density at radius 2 is 2.22 bits per heavy atom. The summed E-state index contributed by atoms with van der Waals surface area (Å²) in [6.07, 6.45) is 2.96. The van der Waals surface area contributed by atoms with Crippen LogP contribution in [-0.2, 0) is 9.32 Å². The van der Waals surface area contributed by atoms with Crippen LogP contribution in [0.4, 0.5) is 0 Å². The molecule has 3 nitrogen and oxygen atoms in total. The molecule has 1 unspecified atom stereocenters. The van der Waals surface area contributed by atoms with Gasteiger partial charge in [0.05, 0.1) is 9.47 Å². The van der Waals surface area contributed by atoms with Gasteiger partial charge in [-0.15, -0.1) is 0 Å². The van der Waals surface area contributed by atoms with E-state index in [-0.39, 0.29) is 5.97 Å². The summed E-state index contributed by atoms with van der Waals surface area (Å²) in [6, 6.07) is 0. The molecule has 0 aliphatic rings. The van der Waals surface area contributed by atoms with Crippen LogP contribution in [0.15, 0.2) is 12.3 Å². The molecular formula is C5H10NO2P. The van der Waals surface area contributed by atoms with E-state index in [1.54, 1.807) is 11.1 Å². The smallest absolute Gasteiger partial charge is 0.334 e. The number of hydrogen-bond donors (Lipinski definition) is 0. The van der Waals surface area contributed by atoms with E-state index in [1.807, 2.05) is 23.6 Å². The Balaban J connectivity index is 3.57. The van der Waals surface area contributed by atoms with Gasteiger partial charge in [0.25, 0.3) is 0 Å². The van der Waals surface area contributed by atoms with Crippen molar-refractivity contribution >= 4 is 15.4 Å². The van der Waals surface area contributed by atoms with E-state index in [1.165, 1.54) is 6.08 Å². The minimum absolute atomic E-state index is 0.367. The third kappa shape index (κ3) is 5.31. The molecule has 0 rings (SSSR count). The normalized spacial score (nSPS) is 9.67. The third-order valence-corrected chi connectivity index (χ3v) is 0.857. The second-order valence-corrected chi connectivity index (χ2v) is 1.95. The van der Waals surface area contributed by atoms with Crippen LogP contribution in [0, 0.1) is 0 Å². The van der Waals surface area contributed by atoms with E-state index < -0.39 is 0 Å². The average Bonchev–Trinajstić information content (AvgIpc) is 1.83. The summed E-state index contributed by atoms with van der Waals surface area (Å²) in [5, 5.41) is 0. The van der Waals surface area contributed by atoms with Crippen molar-refractivity contribution in [1.82, 2.24) is 4.90 Å². The Morgan fingerprint density at radius 3 is 2.56 bits per heavy atom. The Kier molecular flexibility index (Phi) is 4.06. The monoisotopic (exact) mass is 147 g/mol. The molecule has 0 saturated heterocycles. The maximum atomic E-state index is 10.4. The topological polar surface area (TPSA) is 29.5 Å². The van der Waals surface area contributed by atoms with Gasteiger partial charge in [-0.1, -0.05) is 0 Å². The highest BCUT2D eigenvalue weighted by Gasteiger charge is 1.88. The summed E-state index contributed by atoms with van der Waals surface area (Å²) in [5.41, 5.74) is 0. The van der Waals surface area contributed by atoms with Crippen molar-refractivity contribution in [3.05, 3.63) is 12.3 Å². The van der Waals surface area contributed by atoms with Gasteiger partial charge < -0.3 is 9.42 Å². The van der Waals surface area contributed by atoms with Crippen molar-refractivity contribution in [3.63, 3.8) is 0 Å². The summed E-state index contributed by atoms with van der Waals surface area (Å²) in [7, 11) is 5.53. The summed E-state index contributed by atoms with van der Waals surface area (Å²) in [4.78, 5) is 12.1. The summed E-state index contributed by atoms with van der Waals surface area (Å²) < 4.78 is 4.26. The van der Waals surface area contributed by atoms with Crippen LogP contribution in [0.2, 0.25) is 0 Å². The minimum atomic E-state index is -0.367. The molecule has 0 aliphatic carbocycles. The molecule has 52 valence electrons. The predicted octanol–water partition coefficient (Wildman–Crippen LogP) is 0.395. The van der Waals surface area contributed by atoms with Gasteiger partial charge in [-0.2, -0.15) is 0 Å². The number of nitrogens with zero attached hydrogens (tertiary/aromatic N) is 1. The van der Waals surface area contributed by atoms with Crippen molar-refractivity contribution in [2.45, 2.75) is 0 Å². The predicted molar refractivity (Wildman–Crippen MR) is 38.6 cm³/mol. The van der Waals surface area contributed by atoms with Crippen molar-refractivity contribution in [2.24, 2.45) is 0 Å². The van der Waals surface area contributed by atoms with Crippen molar-refractivity contribution in [3.8, 4) is 0 Å². The largest absolute Gasteiger partial charge is 0.448 e. The minimum Gasteiger partial charge on any atom is -0.448 e. The van der Waals surface area contributed by atoms with E-state index >= 15 is 0 Å². The van der Waals surface area contributed by atoms with Crippen LogP contribution < -0.4 is 0 Å². The molecule has 0 spiro atoms. The fraction of sp³-hybridized carbons (Fsp3) is 0.400. The Bertz CT molecular complexity index is 122. The first kappa shape index (κ1) is 8.44. The van der Waals surface area contributed by atoms with E-state index in [9.17, 15) is 4.79 Å². The molecule has 0 radical (unpaired) electrons. The molecule has 1 atom stereocenters. The second-order valence-electron chi connectivity index (χ2n) is 1.72. The van der Waals surface area contributed by atoms with Gasteiger partial charge in [-0.05, 0) is 0 Å². The molecule has 4 heteroatoms. The van der Waals surface area contributed by atoms with E-state index in [4.69, 9.17) is 0 Å².